The van der Waals surface area contributed by atoms with E-state index in [-0.39, 0.29) is 11.5 Å². The Balaban J connectivity index is 1.87. The maximum Gasteiger partial charge on any atom is 0.175 e. The summed E-state index contributed by atoms with van der Waals surface area (Å²) >= 11 is 1.30. The summed E-state index contributed by atoms with van der Waals surface area (Å²) in [4.78, 5) is 17.2. The molecule has 26 heavy (non-hydrogen) atoms. The number of rotatable bonds is 6. The Bertz CT molecular complexity index is 1020. The molecule has 0 saturated carbocycles. The Kier molecular flexibility index (Phi) is 5.40. The summed E-state index contributed by atoms with van der Waals surface area (Å²) in [6.45, 7) is 2.22. The molecule has 0 aliphatic heterocycles. The number of carbonyl (C=O) groups excluding carboxylic acids is 1. The summed E-state index contributed by atoms with van der Waals surface area (Å²) in [5.41, 5.74) is 3.79. The fourth-order valence-electron chi connectivity index (χ4n) is 2.98. The second-order valence-corrected chi connectivity index (χ2v) is 6.99. The van der Waals surface area contributed by atoms with Gasteiger partial charge in [-0.1, -0.05) is 30.0 Å². The van der Waals surface area contributed by atoms with Crippen LogP contribution >= 0.6 is 11.8 Å². The third kappa shape index (κ3) is 3.50. The minimum atomic E-state index is 0.0206. The Hall–Kier alpha value is -2.62. The molecule has 0 saturated heterocycles. The van der Waals surface area contributed by atoms with Crippen molar-refractivity contribution in [3.05, 3.63) is 58.9 Å². The van der Waals surface area contributed by atoms with Crippen LogP contribution in [0.15, 0.2) is 41.6 Å². The highest BCUT2D eigenvalue weighted by Crippen LogP contribution is 2.27. The number of thioether (sulfide) groups is 1. The van der Waals surface area contributed by atoms with Gasteiger partial charge in [-0.2, -0.15) is 5.26 Å². The zero-order valence-electron chi connectivity index (χ0n) is 14.9. The number of nitriles is 1. The van der Waals surface area contributed by atoms with E-state index in [1.54, 1.807) is 7.11 Å². The molecular formula is C20H19N3O2S. The molecule has 5 nitrogen and oxygen atoms in total. The van der Waals surface area contributed by atoms with E-state index in [0.29, 0.717) is 22.8 Å². The first kappa shape index (κ1) is 18.2. The first-order valence-corrected chi connectivity index (χ1v) is 9.13. The molecule has 3 aromatic rings. The van der Waals surface area contributed by atoms with Gasteiger partial charge in [-0.3, -0.25) is 4.79 Å². The van der Waals surface area contributed by atoms with Crippen molar-refractivity contribution in [1.82, 2.24) is 9.55 Å². The second-order valence-electron chi connectivity index (χ2n) is 6.03. The van der Waals surface area contributed by atoms with Gasteiger partial charge in [0.1, 0.15) is 11.1 Å². The molecule has 1 aromatic carbocycles. The number of aryl methyl sites for hydroxylation is 2. The summed E-state index contributed by atoms with van der Waals surface area (Å²) in [7, 11) is 3.52. The van der Waals surface area contributed by atoms with Gasteiger partial charge >= 0.3 is 0 Å². The third-order valence-corrected chi connectivity index (χ3v) is 5.12. The van der Waals surface area contributed by atoms with Crippen LogP contribution in [0.25, 0.3) is 10.9 Å². The number of aromatic nitrogens is 2. The lowest BCUT2D eigenvalue weighted by molar-refractivity contribution is 0.102. The smallest absolute Gasteiger partial charge is 0.175 e. The van der Waals surface area contributed by atoms with E-state index in [1.165, 1.54) is 11.8 Å². The lowest BCUT2D eigenvalue weighted by Gasteiger charge is -2.09. The van der Waals surface area contributed by atoms with Gasteiger partial charge in [-0.25, -0.2) is 4.98 Å². The average Bonchev–Trinajstić information content (AvgIpc) is 2.97. The molecule has 2 heterocycles. The highest BCUT2D eigenvalue weighted by molar-refractivity contribution is 8.00. The topological polar surface area (TPSA) is 67.9 Å². The van der Waals surface area contributed by atoms with E-state index < -0.39 is 0 Å². The Morgan fingerprint density at radius 1 is 1.38 bits per heavy atom. The molecule has 0 radical (unpaired) electrons. The highest BCUT2D eigenvalue weighted by Gasteiger charge is 2.17. The lowest BCUT2D eigenvalue weighted by atomic mass is 10.1. The molecule has 3 rings (SSSR count). The maximum atomic E-state index is 12.8. The maximum absolute atomic E-state index is 12.8. The predicted octanol–water partition coefficient (Wildman–Crippen LogP) is 3.87. The van der Waals surface area contributed by atoms with E-state index >= 15 is 0 Å². The number of nitrogens with zero attached hydrogens (tertiary/aromatic N) is 3. The first-order chi connectivity index (χ1) is 12.5. The molecular weight excluding hydrogens is 346 g/mol. The molecule has 2 aromatic heterocycles. The summed E-state index contributed by atoms with van der Waals surface area (Å²) in [5.74, 6) is 0.248. The molecule has 0 fully saturated rings. The lowest BCUT2D eigenvalue weighted by Crippen LogP contribution is -2.04. The van der Waals surface area contributed by atoms with Gasteiger partial charge in [0.15, 0.2) is 5.78 Å². The molecule has 0 unspecified atom stereocenters. The van der Waals surface area contributed by atoms with Gasteiger partial charge in [0.25, 0.3) is 0 Å². The second kappa shape index (κ2) is 7.73. The van der Waals surface area contributed by atoms with E-state index in [9.17, 15) is 10.1 Å². The number of para-hydroxylation sites is 1. The Morgan fingerprint density at radius 3 is 2.88 bits per heavy atom. The van der Waals surface area contributed by atoms with E-state index in [2.05, 4.69) is 11.1 Å². The standard InChI is InChI=1S/C20H19N3O2S/c1-13-8-14(11-25-3)16(9-21)20(22-13)26-12-19(24)17-10-23(2)18-7-5-4-6-15(17)18/h4-8,10H,11-12H2,1-3H3. The molecule has 0 spiro atoms. The number of benzene rings is 1. The minimum absolute atomic E-state index is 0.0206. The van der Waals surface area contributed by atoms with Gasteiger partial charge in [-0.05, 0) is 24.6 Å². The largest absolute Gasteiger partial charge is 0.380 e. The summed E-state index contributed by atoms with van der Waals surface area (Å²) < 4.78 is 7.12. The average molecular weight is 365 g/mol. The van der Waals surface area contributed by atoms with Crippen LogP contribution in [-0.4, -0.2) is 28.2 Å². The van der Waals surface area contributed by atoms with Gasteiger partial charge in [0.2, 0.25) is 0 Å². The number of ketones is 1. The monoisotopic (exact) mass is 365 g/mol. The van der Waals surface area contributed by atoms with Crippen molar-refractivity contribution in [2.75, 3.05) is 12.9 Å². The van der Waals surface area contributed by atoms with E-state index in [1.807, 2.05) is 55.1 Å². The number of hydrogen-bond acceptors (Lipinski definition) is 5. The zero-order valence-corrected chi connectivity index (χ0v) is 15.8. The molecule has 132 valence electrons. The SMILES string of the molecule is COCc1cc(C)nc(SCC(=O)c2cn(C)c3ccccc23)c1C#N. The van der Waals surface area contributed by atoms with Crippen LogP contribution < -0.4 is 0 Å². The van der Waals surface area contributed by atoms with E-state index in [0.717, 1.165) is 22.2 Å². The van der Waals surface area contributed by atoms with Crippen molar-refractivity contribution >= 4 is 28.4 Å². The number of methoxy groups -OCH3 is 1. The van der Waals surface area contributed by atoms with Crippen LogP contribution in [0.3, 0.4) is 0 Å². The van der Waals surface area contributed by atoms with Crippen molar-refractivity contribution in [2.45, 2.75) is 18.6 Å². The summed E-state index contributed by atoms with van der Waals surface area (Å²) in [6.07, 6.45) is 1.86. The number of carbonyl (C=O) groups is 1. The minimum Gasteiger partial charge on any atom is -0.380 e. The van der Waals surface area contributed by atoms with Crippen molar-refractivity contribution in [2.24, 2.45) is 7.05 Å². The van der Waals surface area contributed by atoms with Crippen LogP contribution in [0.1, 0.15) is 27.2 Å². The molecule has 0 aliphatic carbocycles. The van der Waals surface area contributed by atoms with Crippen molar-refractivity contribution in [1.29, 1.82) is 5.26 Å². The summed E-state index contributed by atoms with van der Waals surface area (Å²) in [5, 5.41) is 11.0. The van der Waals surface area contributed by atoms with Gasteiger partial charge in [0, 0.05) is 42.5 Å². The van der Waals surface area contributed by atoms with Crippen molar-refractivity contribution in [3.63, 3.8) is 0 Å². The van der Waals surface area contributed by atoms with Crippen LogP contribution in [0.5, 0.6) is 0 Å². The third-order valence-electron chi connectivity index (χ3n) is 4.14. The number of pyridine rings is 1. The van der Waals surface area contributed by atoms with Crippen LogP contribution in [-0.2, 0) is 18.4 Å². The van der Waals surface area contributed by atoms with Crippen LogP contribution in [0.4, 0.5) is 0 Å². The Labute approximate surface area is 156 Å². The number of ether oxygens (including phenoxy) is 1. The number of fused-ring (bicyclic) bond motifs is 1. The molecule has 0 N–H and O–H groups in total. The molecule has 0 atom stereocenters. The highest BCUT2D eigenvalue weighted by atomic mass is 32.2. The van der Waals surface area contributed by atoms with E-state index in [4.69, 9.17) is 4.74 Å². The first-order valence-electron chi connectivity index (χ1n) is 8.14. The van der Waals surface area contributed by atoms with Gasteiger partial charge < -0.3 is 9.30 Å². The van der Waals surface area contributed by atoms with Gasteiger partial charge in [-0.15, -0.1) is 0 Å². The quantitative estimate of drug-likeness (QED) is 0.490. The molecule has 0 aliphatic rings. The van der Waals surface area contributed by atoms with Crippen molar-refractivity contribution < 1.29 is 9.53 Å². The predicted molar refractivity (Wildman–Crippen MR) is 102 cm³/mol. The Morgan fingerprint density at radius 2 is 2.15 bits per heavy atom. The fraction of sp³-hybridized carbons (Fsp3) is 0.250. The zero-order chi connectivity index (χ0) is 18.7. The van der Waals surface area contributed by atoms with Gasteiger partial charge in [0.05, 0.1) is 17.9 Å². The molecule has 6 heteroatoms. The normalized spacial score (nSPS) is 10.8. The molecule has 0 bridgehead atoms. The summed E-state index contributed by atoms with van der Waals surface area (Å²) in [6, 6.07) is 11.9. The number of hydrogen-bond donors (Lipinski definition) is 0. The van der Waals surface area contributed by atoms with Crippen LogP contribution in [0, 0.1) is 18.3 Å². The van der Waals surface area contributed by atoms with Crippen molar-refractivity contribution in [3.8, 4) is 6.07 Å². The number of Topliss-reactive ketones (excluding diaryl/α,β-unsaturated/α-hetero) is 1. The fourth-order valence-corrected chi connectivity index (χ4v) is 3.93. The molecule has 0 amide bonds. The van der Waals surface area contributed by atoms with Crippen LogP contribution in [0.2, 0.25) is 0 Å².